The molecule has 4 aromatic heterocycles. The van der Waals surface area contributed by atoms with E-state index in [0.717, 1.165) is 22.3 Å². The summed E-state index contributed by atoms with van der Waals surface area (Å²) in [5, 5.41) is 39.0. The molecule has 0 fully saturated rings. The van der Waals surface area contributed by atoms with Gasteiger partial charge in [0.25, 0.3) is 11.8 Å². The molecule has 0 bridgehead atoms. The molecule has 28 heteroatoms. The number of aliphatic carboxylic acids is 4. The number of carboxylic acid groups (broad SMARTS) is 4. The molecular formula is C56H58N4Na2O20S2. The Morgan fingerprint density at radius 3 is 1.11 bits per heavy atom. The molecule has 6 heterocycles. The SMILES string of the molecule is COc1cc2c(cc1OCCCOc1nc3cc(C(=O)CCC(=O)[O-])sc3cc1OC)CN(C(=O)CCC(=O)O)C2.COc1cc2c(cc1OCCCOc1nc3cc(C(=O)CCC(=O)[O-])sc3cc1OC)CN(C(=O)CCC(=O)O)C2.[Na+].[Na+]. The van der Waals surface area contributed by atoms with Crippen molar-refractivity contribution in [2.75, 3.05) is 54.9 Å². The van der Waals surface area contributed by atoms with Crippen LogP contribution in [0.3, 0.4) is 0 Å². The monoisotopic (exact) mass is 1220 g/mol. The molecule has 2 aliphatic heterocycles. The average Bonchev–Trinajstić information content (AvgIpc) is 4.47. The number of carbonyl (C=O) groups is 8. The summed E-state index contributed by atoms with van der Waals surface area (Å²) in [6.45, 7) is 2.64. The Hall–Kier alpha value is -6.78. The van der Waals surface area contributed by atoms with Crippen LogP contribution in [0.5, 0.6) is 46.3 Å². The molecule has 24 nitrogen and oxygen atoms in total. The third kappa shape index (κ3) is 18.6. The number of rotatable bonds is 30. The molecule has 2 aliphatic rings. The number of hydrogen-bond acceptors (Lipinski definition) is 22. The van der Waals surface area contributed by atoms with Crippen LogP contribution in [0.2, 0.25) is 0 Å². The first-order valence-corrected chi connectivity index (χ1v) is 27.3. The van der Waals surface area contributed by atoms with Gasteiger partial charge in [0.15, 0.2) is 46.1 Å². The van der Waals surface area contributed by atoms with Crippen molar-refractivity contribution in [3.05, 3.63) is 80.5 Å². The van der Waals surface area contributed by atoms with Crippen molar-refractivity contribution < 1.29 is 156 Å². The number of thiophene rings is 2. The van der Waals surface area contributed by atoms with Crippen LogP contribution in [0, 0.1) is 0 Å². The van der Waals surface area contributed by atoms with E-state index in [-0.39, 0.29) is 159 Å². The summed E-state index contributed by atoms with van der Waals surface area (Å²) in [5.41, 5.74) is 4.75. The Labute approximate surface area is 533 Å². The summed E-state index contributed by atoms with van der Waals surface area (Å²) >= 11 is 2.41. The van der Waals surface area contributed by atoms with Gasteiger partial charge in [0.1, 0.15) is 0 Å². The zero-order chi connectivity index (χ0) is 59.0. The summed E-state index contributed by atoms with van der Waals surface area (Å²) < 4.78 is 46.7. The van der Waals surface area contributed by atoms with Crippen molar-refractivity contribution in [2.24, 2.45) is 0 Å². The van der Waals surface area contributed by atoms with Crippen molar-refractivity contribution in [1.29, 1.82) is 0 Å². The van der Waals surface area contributed by atoms with E-state index in [1.165, 1.54) is 51.1 Å². The predicted molar refractivity (Wildman–Crippen MR) is 289 cm³/mol. The van der Waals surface area contributed by atoms with E-state index in [9.17, 15) is 48.6 Å². The van der Waals surface area contributed by atoms with E-state index in [0.29, 0.717) is 117 Å². The number of methoxy groups -OCH3 is 4. The number of ether oxygens (including phenoxy) is 8. The van der Waals surface area contributed by atoms with Gasteiger partial charge in [-0.25, -0.2) is 9.97 Å². The molecule has 2 amide bonds. The Morgan fingerprint density at radius 2 is 0.786 bits per heavy atom. The van der Waals surface area contributed by atoms with Crippen LogP contribution in [0.4, 0.5) is 0 Å². The quantitative estimate of drug-likeness (QED) is 0.0316. The Kier molecular flexibility index (Phi) is 26.3. The van der Waals surface area contributed by atoms with Crippen LogP contribution in [0.25, 0.3) is 20.4 Å². The third-order valence-electron chi connectivity index (χ3n) is 12.8. The summed E-state index contributed by atoms with van der Waals surface area (Å²) in [7, 11) is 6.03. The van der Waals surface area contributed by atoms with E-state index in [1.807, 2.05) is 24.3 Å². The first-order valence-electron chi connectivity index (χ1n) is 25.7. The van der Waals surface area contributed by atoms with Gasteiger partial charge < -0.3 is 77.7 Å². The minimum absolute atomic E-state index is 0. The number of amides is 2. The third-order valence-corrected chi connectivity index (χ3v) is 15.0. The number of fused-ring (bicyclic) bond motifs is 4. The van der Waals surface area contributed by atoms with Crippen LogP contribution in [-0.2, 0) is 54.9 Å². The number of hydrogen-bond donors (Lipinski definition) is 2. The molecule has 0 saturated heterocycles. The molecule has 0 atom stereocenters. The standard InChI is InChI=1S/2C28H30N2O10S.2Na/c2*1-37-20-10-16-14-30(25(32)5-7-27(35)36)15-17(16)11-21(20)39-8-3-9-40-28-22(38-2)13-23-18(29-28)12-24(41-23)19(31)4-6-26(33)34;;/h2*10-13H,3-9,14-15H2,1-2H3,(H,33,34)(H,35,36);;/q;;2*+1/p-2. The fraction of sp³-hybridized carbons (Fsp3) is 0.393. The van der Waals surface area contributed by atoms with Crippen molar-refractivity contribution in [3.8, 4) is 46.3 Å². The van der Waals surface area contributed by atoms with Crippen LogP contribution < -0.4 is 107 Å². The van der Waals surface area contributed by atoms with Gasteiger partial charge in [-0.1, -0.05) is 0 Å². The maximum absolute atomic E-state index is 12.4. The molecule has 2 N–H and O–H groups in total. The summed E-state index contributed by atoms with van der Waals surface area (Å²) in [6, 6.07) is 14.0. The molecule has 0 spiro atoms. The van der Waals surface area contributed by atoms with Crippen molar-refractivity contribution >= 4 is 90.4 Å². The largest absolute Gasteiger partial charge is 1.00 e. The number of Topliss-reactive ketones (excluding diaryl/α,β-unsaturated/α-hetero) is 2. The second kappa shape index (κ2) is 32.5. The van der Waals surface area contributed by atoms with Gasteiger partial charge in [0, 0.05) is 88.8 Å². The number of pyridine rings is 2. The fourth-order valence-electron chi connectivity index (χ4n) is 8.59. The number of carbonyl (C=O) groups excluding carboxylic acids is 6. The second-order valence-electron chi connectivity index (χ2n) is 18.5. The Balaban J connectivity index is 0.000000300. The molecule has 0 radical (unpaired) electrons. The van der Waals surface area contributed by atoms with Crippen LogP contribution in [0.15, 0.2) is 48.5 Å². The van der Waals surface area contributed by atoms with Gasteiger partial charge in [0.2, 0.25) is 11.8 Å². The molecule has 0 unspecified atom stereocenters. The van der Waals surface area contributed by atoms with E-state index >= 15 is 0 Å². The first kappa shape index (κ1) is 68.0. The normalized spacial score (nSPS) is 11.9. The number of carboxylic acids is 4. The van der Waals surface area contributed by atoms with E-state index in [4.69, 9.17) is 48.1 Å². The maximum atomic E-state index is 12.4. The number of benzene rings is 2. The van der Waals surface area contributed by atoms with Gasteiger partial charge in [0.05, 0.1) is 97.9 Å². The Bertz CT molecular complexity index is 3170. The predicted octanol–water partition coefficient (Wildman–Crippen LogP) is -0.830. The molecule has 6 aromatic rings. The zero-order valence-electron chi connectivity index (χ0n) is 47.2. The van der Waals surface area contributed by atoms with Gasteiger partial charge in [-0.15, -0.1) is 22.7 Å². The van der Waals surface area contributed by atoms with Crippen LogP contribution in [0.1, 0.15) is 106 Å². The summed E-state index contributed by atoms with van der Waals surface area (Å²) in [6.07, 6.45) is -0.489. The van der Waals surface area contributed by atoms with Crippen LogP contribution in [-0.4, -0.2) is 132 Å². The number of nitrogens with zero attached hydrogens (tertiary/aromatic N) is 4. The fourth-order valence-corrected chi connectivity index (χ4v) is 10.6. The molecule has 0 saturated carbocycles. The van der Waals surface area contributed by atoms with E-state index < -0.39 is 23.9 Å². The van der Waals surface area contributed by atoms with Gasteiger partial charge in [-0.2, -0.15) is 0 Å². The number of ketones is 2. The Morgan fingerprint density at radius 1 is 0.452 bits per heavy atom. The van der Waals surface area contributed by atoms with Crippen molar-refractivity contribution in [2.45, 2.75) is 90.4 Å². The van der Waals surface area contributed by atoms with Gasteiger partial charge >= 0.3 is 71.1 Å². The van der Waals surface area contributed by atoms with Crippen LogP contribution >= 0.6 is 22.7 Å². The van der Waals surface area contributed by atoms with Crippen molar-refractivity contribution in [3.63, 3.8) is 0 Å². The molecule has 2 aromatic carbocycles. The first-order chi connectivity index (χ1) is 39.4. The van der Waals surface area contributed by atoms with Crippen molar-refractivity contribution in [1.82, 2.24) is 19.8 Å². The molecule has 436 valence electrons. The number of aromatic nitrogens is 2. The summed E-state index contributed by atoms with van der Waals surface area (Å²) in [5.74, 6) is -2.17. The minimum Gasteiger partial charge on any atom is -0.550 e. The molecular weight excluding hydrogens is 1160 g/mol. The summed E-state index contributed by atoms with van der Waals surface area (Å²) in [4.78, 5) is 105. The second-order valence-corrected chi connectivity index (χ2v) is 20.7. The molecule has 0 aliphatic carbocycles. The maximum Gasteiger partial charge on any atom is 1.00 e. The molecule has 84 heavy (non-hydrogen) atoms. The van der Waals surface area contributed by atoms with E-state index in [2.05, 4.69) is 9.97 Å². The zero-order valence-corrected chi connectivity index (χ0v) is 52.8. The topological polar surface area (TPSA) is 329 Å². The molecule has 8 rings (SSSR count). The average molecular weight is 1220 g/mol. The van der Waals surface area contributed by atoms with E-state index in [1.54, 1.807) is 34.1 Å². The van der Waals surface area contributed by atoms with Gasteiger partial charge in [-0.05, 0) is 71.5 Å². The minimum atomic E-state index is -1.28. The van der Waals surface area contributed by atoms with Gasteiger partial charge in [-0.3, -0.25) is 28.8 Å². The smallest absolute Gasteiger partial charge is 0.550 e.